The van der Waals surface area contributed by atoms with Crippen LogP contribution in [-0.4, -0.2) is 140 Å². The van der Waals surface area contributed by atoms with Crippen molar-refractivity contribution in [3.8, 4) is 5.75 Å². The van der Waals surface area contributed by atoms with Gasteiger partial charge in [0.25, 0.3) is 0 Å². The van der Waals surface area contributed by atoms with Crippen molar-refractivity contribution in [2.24, 2.45) is 17.2 Å². The van der Waals surface area contributed by atoms with Crippen LogP contribution in [0.4, 0.5) is 0 Å². The van der Waals surface area contributed by atoms with Crippen molar-refractivity contribution < 1.29 is 53.4 Å². The number of nitrogens with one attached hydrogen (secondary N) is 7. The molecule has 0 aliphatic carbocycles. The van der Waals surface area contributed by atoms with E-state index in [1.54, 1.807) is 67.6 Å². The van der Waals surface area contributed by atoms with Crippen LogP contribution in [0.3, 0.4) is 0 Å². The van der Waals surface area contributed by atoms with E-state index in [0.717, 1.165) is 11.1 Å². The molecule has 0 heterocycles. The molecule has 0 aromatic heterocycles. The Bertz CT molecular complexity index is 2500. The highest BCUT2D eigenvalue weighted by Crippen LogP contribution is 2.19. The van der Waals surface area contributed by atoms with Gasteiger partial charge in [-0.25, -0.2) is 0 Å². The van der Waals surface area contributed by atoms with Gasteiger partial charge in [0.05, 0.1) is 25.7 Å². The number of aliphatic hydroxyl groups is 1. The molecule has 4 aromatic rings. The zero-order chi connectivity index (χ0) is 59.1. The number of aldehydes is 1. The molecule has 432 valence electrons. The number of phenols is 1. The lowest BCUT2D eigenvalue weighted by molar-refractivity contribution is -0.133. The smallest absolute Gasteiger partial charge is 0.248 e. The number of unbranched alkanes of at least 4 members (excludes halogenated alkanes) is 1. The summed E-state index contributed by atoms with van der Waals surface area (Å²) >= 11 is 12.0. The van der Waals surface area contributed by atoms with Gasteiger partial charge in [0.2, 0.25) is 47.3 Å². The fourth-order valence-corrected chi connectivity index (χ4v) is 8.23. The van der Waals surface area contributed by atoms with Gasteiger partial charge in [-0.3, -0.25) is 38.4 Å². The minimum atomic E-state index is -1.19. The number of nitrogens with two attached hydrogens (primary N) is 3. The fourth-order valence-electron chi connectivity index (χ4n) is 6.66. The van der Waals surface area contributed by atoms with Crippen molar-refractivity contribution in [3.63, 3.8) is 0 Å². The standard InChI is InChI=1S/C43H54Cl2N8O9S2.C8H9NO.C2H6O.CH5N/c1-63-64-26-36(52-37(56)18-11-27-5-12-30(44)13-6-27)43(62)53-35(21-29-7-14-31(45)15-8-29)42(61)49-24-40(59)51-34(4-2-3-19-46)41(60)48-22-38(57)47-23-39(58)50-32(25-54)20-28-9-16-33(55)17-10-28;1-6-2-4-7(5-3-6)8(9)10;1-2-3;1-2/h5-10,12-17,25,32,34-36,55H,2-4,11,18-24,26,46H2,1H3,(H,47,57)(H,48,60)(H,49,61)(H,50,58)(H,51,59)(H,52,56)(H,53,62);2-5H,1H3,(H2,9,10);3H,2H2,1H3;2H2,1H3. The summed E-state index contributed by atoms with van der Waals surface area (Å²) in [6.07, 6.45) is 4.19. The number of aromatic hydroxyl groups is 1. The minimum Gasteiger partial charge on any atom is -0.508 e. The van der Waals surface area contributed by atoms with Gasteiger partial charge in [-0.15, -0.1) is 0 Å². The first-order chi connectivity index (χ1) is 37.8. The molecule has 21 nitrogen and oxygen atoms in total. The van der Waals surface area contributed by atoms with Crippen molar-refractivity contribution >= 4 is 98.3 Å². The first-order valence-corrected chi connectivity index (χ1v) is 28.4. The second kappa shape index (κ2) is 41.3. The Morgan fingerprint density at radius 3 is 1.66 bits per heavy atom. The number of carbonyl (C=O) groups excluding carboxylic acids is 9. The fraction of sp³-hybridized carbons (Fsp3) is 0.389. The number of phenolic OH excluding ortho intramolecular Hbond substituents is 1. The summed E-state index contributed by atoms with van der Waals surface area (Å²) in [5, 5.41) is 35.9. The maximum Gasteiger partial charge on any atom is 0.248 e. The molecule has 25 heteroatoms. The maximum atomic E-state index is 13.7. The lowest BCUT2D eigenvalue weighted by Crippen LogP contribution is -2.56. The molecule has 15 N–H and O–H groups in total. The monoisotopic (exact) mass is 1170 g/mol. The molecular weight excluding hydrogens is 1100 g/mol. The Hall–Kier alpha value is -6.73. The normalized spacial score (nSPS) is 11.7. The van der Waals surface area contributed by atoms with Crippen molar-refractivity contribution in [2.75, 3.05) is 51.8 Å². The highest BCUT2D eigenvalue weighted by Gasteiger charge is 2.28. The molecule has 4 atom stereocenters. The quantitative estimate of drug-likeness (QED) is 0.0211. The average molecular weight is 1170 g/mol. The van der Waals surface area contributed by atoms with Crippen molar-refractivity contribution in [2.45, 2.75) is 83.0 Å². The van der Waals surface area contributed by atoms with Crippen molar-refractivity contribution in [3.05, 3.63) is 135 Å². The number of benzene rings is 4. The van der Waals surface area contributed by atoms with Gasteiger partial charge in [0, 0.05) is 40.8 Å². The van der Waals surface area contributed by atoms with Crippen LogP contribution >= 0.6 is 44.8 Å². The lowest BCUT2D eigenvalue weighted by atomic mass is 10.0. The Labute approximate surface area is 479 Å². The highest BCUT2D eigenvalue weighted by atomic mass is 35.5. The van der Waals surface area contributed by atoms with Crippen LogP contribution in [0.25, 0.3) is 0 Å². The molecular formula is C54H74Cl2N10O11S2. The van der Waals surface area contributed by atoms with Crippen LogP contribution < -0.4 is 54.4 Å². The summed E-state index contributed by atoms with van der Waals surface area (Å²) in [7, 11) is 4.25. The molecule has 0 radical (unpaired) electrons. The van der Waals surface area contributed by atoms with Crippen LogP contribution in [0, 0.1) is 6.92 Å². The van der Waals surface area contributed by atoms with Gasteiger partial charge >= 0.3 is 0 Å². The molecule has 0 bridgehead atoms. The Morgan fingerprint density at radius 2 is 1.11 bits per heavy atom. The van der Waals surface area contributed by atoms with Crippen LogP contribution in [-0.2, 0) is 57.6 Å². The van der Waals surface area contributed by atoms with Crippen LogP contribution in [0.15, 0.2) is 97.1 Å². The molecule has 4 aromatic carbocycles. The molecule has 0 aliphatic heterocycles. The van der Waals surface area contributed by atoms with E-state index < -0.39 is 79.2 Å². The number of primary amides is 1. The van der Waals surface area contributed by atoms with Gasteiger partial charge in [-0.2, -0.15) is 0 Å². The first-order valence-electron chi connectivity index (χ1n) is 24.9. The number of carbonyl (C=O) groups is 9. The van der Waals surface area contributed by atoms with E-state index in [9.17, 15) is 48.3 Å². The van der Waals surface area contributed by atoms with E-state index in [1.807, 2.05) is 37.4 Å². The van der Waals surface area contributed by atoms with E-state index >= 15 is 0 Å². The number of hydrogen-bond acceptors (Lipinski definition) is 15. The number of halogens is 2. The number of rotatable bonds is 29. The molecule has 4 rings (SSSR count). The summed E-state index contributed by atoms with van der Waals surface area (Å²) in [6.45, 7) is 2.62. The third kappa shape index (κ3) is 31.5. The van der Waals surface area contributed by atoms with Crippen LogP contribution in [0.5, 0.6) is 5.75 Å². The average Bonchev–Trinajstić information content (AvgIpc) is 3.43. The molecule has 0 saturated heterocycles. The largest absolute Gasteiger partial charge is 0.508 e. The summed E-state index contributed by atoms with van der Waals surface area (Å²) in [5.41, 5.74) is 19.1. The second-order valence-corrected chi connectivity index (χ2v) is 20.4. The van der Waals surface area contributed by atoms with E-state index in [4.69, 9.17) is 39.8 Å². The molecule has 0 fully saturated rings. The van der Waals surface area contributed by atoms with Crippen molar-refractivity contribution in [1.82, 2.24) is 37.2 Å². The molecule has 4 unspecified atom stereocenters. The van der Waals surface area contributed by atoms with Crippen LogP contribution in [0.1, 0.15) is 65.2 Å². The van der Waals surface area contributed by atoms with Gasteiger partial charge in [-0.05, 0) is 131 Å². The summed E-state index contributed by atoms with van der Waals surface area (Å²) in [4.78, 5) is 114. The maximum absolute atomic E-state index is 13.7. The predicted octanol–water partition coefficient (Wildman–Crippen LogP) is 2.41. The number of aryl methyl sites for hydroxylation is 2. The molecule has 8 amide bonds. The zero-order valence-corrected chi connectivity index (χ0v) is 47.8. The van der Waals surface area contributed by atoms with E-state index in [2.05, 4.69) is 43.0 Å². The third-order valence-corrected chi connectivity index (χ3v) is 13.0. The van der Waals surface area contributed by atoms with E-state index in [0.29, 0.717) is 58.8 Å². The number of amides is 8. The Kier molecular flexibility index (Phi) is 36.8. The first kappa shape index (κ1) is 70.3. The van der Waals surface area contributed by atoms with Gasteiger partial charge < -0.3 is 69.4 Å². The Balaban J connectivity index is 0.00000181. The predicted molar refractivity (Wildman–Crippen MR) is 311 cm³/mol. The second-order valence-electron chi connectivity index (χ2n) is 16.9. The number of aliphatic hydroxyl groups excluding tert-OH is 1. The summed E-state index contributed by atoms with van der Waals surface area (Å²) in [5.74, 6) is -4.63. The molecule has 0 saturated carbocycles. The Morgan fingerprint density at radius 1 is 0.620 bits per heavy atom. The van der Waals surface area contributed by atoms with Gasteiger partial charge in [-0.1, -0.05) is 98.9 Å². The van der Waals surface area contributed by atoms with Crippen molar-refractivity contribution in [1.29, 1.82) is 0 Å². The van der Waals surface area contributed by atoms with E-state index in [1.165, 1.54) is 40.8 Å². The van der Waals surface area contributed by atoms with E-state index in [-0.39, 0.29) is 55.6 Å². The molecule has 0 spiro atoms. The number of hydrogen-bond donors (Lipinski definition) is 12. The zero-order valence-electron chi connectivity index (χ0n) is 44.7. The lowest BCUT2D eigenvalue weighted by Gasteiger charge is -2.23. The summed E-state index contributed by atoms with van der Waals surface area (Å²) < 4.78 is 0. The minimum absolute atomic E-state index is 0.00852. The molecule has 79 heavy (non-hydrogen) atoms. The van der Waals surface area contributed by atoms with Gasteiger partial charge in [0.1, 0.15) is 30.2 Å². The topological polar surface area (TPSA) is 356 Å². The third-order valence-electron chi connectivity index (χ3n) is 10.7. The van der Waals surface area contributed by atoms with Gasteiger partial charge in [0.15, 0.2) is 0 Å². The van der Waals surface area contributed by atoms with Crippen LogP contribution in [0.2, 0.25) is 10.0 Å². The SMILES string of the molecule is CCO.CN.CSSCC(NC(=O)CCc1ccc(Cl)cc1)C(=O)NC(Cc1ccc(Cl)cc1)C(=O)NCC(=O)NC(CCCCN)C(=O)NCC(=O)NCC(=O)NC(C=O)Cc1ccc(O)cc1.Cc1ccc(C(N)=O)cc1. The summed E-state index contributed by atoms with van der Waals surface area (Å²) in [6, 6.07) is 22.8. The highest BCUT2D eigenvalue weighted by molar-refractivity contribution is 8.76. The molecule has 0 aliphatic rings.